The van der Waals surface area contributed by atoms with Crippen LogP contribution in [0, 0.1) is 5.82 Å². The van der Waals surface area contributed by atoms with Crippen LogP contribution >= 0.6 is 0 Å². The third-order valence-electron chi connectivity index (χ3n) is 4.68. The number of nitrogens with two attached hydrogens (primary N) is 1. The van der Waals surface area contributed by atoms with Crippen LogP contribution in [0.1, 0.15) is 12.8 Å². The van der Waals surface area contributed by atoms with Crippen molar-refractivity contribution in [1.82, 2.24) is 0 Å². The SMILES string of the molecule is NC(=O)CCC1CN(c2ccccc2)CCN1c1cc(O)c(F)c(O)c1. The number of amides is 1. The lowest BCUT2D eigenvalue weighted by Crippen LogP contribution is -2.53. The van der Waals surface area contributed by atoms with Gasteiger partial charge in [0.25, 0.3) is 0 Å². The first-order chi connectivity index (χ1) is 12.5. The molecule has 7 heteroatoms. The average molecular weight is 359 g/mol. The van der Waals surface area contributed by atoms with Crippen LogP contribution in [0.25, 0.3) is 0 Å². The van der Waals surface area contributed by atoms with Gasteiger partial charge in [-0.15, -0.1) is 0 Å². The number of nitrogens with zero attached hydrogens (tertiary/aromatic N) is 2. The summed E-state index contributed by atoms with van der Waals surface area (Å²) in [5.41, 5.74) is 6.91. The first kappa shape index (κ1) is 17.8. The Bertz CT molecular complexity index is 762. The van der Waals surface area contributed by atoms with Crippen LogP contribution in [0.5, 0.6) is 11.5 Å². The van der Waals surface area contributed by atoms with E-state index in [0.717, 1.165) is 12.2 Å². The molecule has 26 heavy (non-hydrogen) atoms. The van der Waals surface area contributed by atoms with Crippen molar-refractivity contribution in [2.75, 3.05) is 29.4 Å². The lowest BCUT2D eigenvalue weighted by molar-refractivity contribution is -0.118. The summed E-state index contributed by atoms with van der Waals surface area (Å²) < 4.78 is 13.5. The van der Waals surface area contributed by atoms with Crippen LogP contribution in [-0.4, -0.2) is 41.8 Å². The standard InChI is InChI=1S/C19H22FN3O3/c20-19-16(24)10-15(11-17(19)25)23-9-8-22(13-4-2-1-3-5-13)12-14(23)6-7-18(21)26/h1-5,10-11,14,24-25H,6-9,12H2,(H2,21,26). The highest BCUT2D eigenvalue weighted by atomic mass is 19.1. The number of rotatable bonds is 5. The first-order valence-electron chi connectivity index (χ1n) is 8.52. The predicted octanol–water partition coefficient (Wildman–Crippen LogP) is 2.20. The summed E-state index contributed by atoms with van der Waals surface area (Å²) in [5, 5.41) is 19.4. The molecule has 0 saturated carbocycles. The number of phenols is 2. The smallest absolute Gasteiger partial charge is 0.217 e. The minimum atomic E-state index is -1.04. The van der Waals surface area contributed by atoms with Crippen LogP contribution in [0.4, 0.5) is 15.8 Å². The molecule has 1 atom stereocenters. The molecule has 1 unspecified atom stereocenters. The number of benzene rings is 2. The van der Waals surface area contributed by atoms with Crippen molar-refractivity contribution < 1.29 is 19.4 Å². The molecule has 6 nitrogen and oxygen atoms in total. The Morgan fingerprint density at radius 2 is 1.77 bits per heavy atom. The fourth-order valence-electron chi connectivity index (χ4n) is 3.37. The van der Waals surface area contributed by atoms with E-state index in [1.807, 2.05) is 35.2 Å². The normalized spacial score (nSPS) is 17.3. The summed E-state index contributed by atoms with van der Waals surface area (Å²) in [6.07, 6.45) is 0.751. The number of para-hydroxylation sites is 1. The number of hydrogen-bond acceptors (Lipinski definition) is 5. The predicted molar refractivity (Wildman–Crippen MR) is 97.9 cm³/mol. The fourth-order valence-corrected chi connectivity index (χ4v) is 3.37. The molecule has 2 aromatic rings. The van der Waals surface area contributed by atoms with Gasteiger partial charge in [-0.2, -0.15) is 4.39 Å². The summed E-state index contributed by atoms with van der Waals surface area (Å²) >= 11 is 0. The highest BCUT2D eigenvalue weighted by molar-refractivity contribution is 5.73. The Kier molecular flexibility index (Phi) is 5.16. The van der Waals surface area contributed by atoms with E-state index in [0.29, 0.717) is 25.2 Å². The minimum Gasteiger partial charge on any atom is -0.505 e. The van der Waals surface area contributed by atoms with Gasteiger partial charge < -0.3 is 25.7 Å². The zero-order chi connectivity index (χ0) is 18.7. The van der Waals surface area contributed by atoms with E-state index in [9.17, 15) is 19.4 Å². The monoisotopic (exact) mass is 359 g/mol. The summed E-state index contributed by atoms with van der Waals surface area (Å²) in [5.74, 6) is -2.62. The number of piperazine rings is 1. The Labute approximate surface area is 151 Å². The molecular weight excluding hydrogens is 337 g/mol. The second-order valence-corrected chi connectivity index (χ2v) is 6.43. The zero-order valence-corrected chi connectivity index (χ0v) is 14.3. The van der Waals surface area contributed by atoms with E-state index in [2.05, 4.69) is 4.90 Å². The lowest BCUT2D eigenvalue weighted by atomic mass is 10.0. The molecule has 138 valence electrons. The van der Waals surface area contributed by atoms with Crippen molar-refractivity contribution in [2.45, 2.75) is 18.9 Å². The third kappa shape index (κ3) is 3.82. The highest BCUT2D eigenvalue weighted by Gasteiger charge is 2.28. The molecule has 1 heterocycles. The largest absolute Gasteiger partial charge is 0.505 e. The molecule has 4 N–H and O–H groups in total. The van der Waals surface area contributed by atoms with Crippen molar-refractivity contribution >= 4 is 17.3 Å². The molecule has 0 bridgehead atoms. The van der Waals surface area contributed by atoms with E-state index in [-0.39, 0.29) is 18.4 Å². The minimum absolute atomic E-state index is 0.0688. The summed E-state index contributed by atoms with van der Waals surface area (Å²) in [6, 6.07) is 12.5. The van der Waals surface area contributed by atoms with E-state index in [1.165, 1.54) is 12.1 Å². The molecule has 1 aliphatic heterocycles. The first-order valence-corrected chi connectivity index (χ1v) is 8.52. The Morgan fingerprint density at radius 1 is 1.12 bits per heavy atom. The van der Waals surface area contributed by atoms with E-state index >= 15 is 0 Å². The topological polar surface area (TPSA) is 90.0 Å². The van der Waals surface area contributed by atoms with Crippen molar-refractivity contribution in [2.24, 2.45) is 5.73 Å². The van der Waals surface area contributed by atoms with E-state index < -0.39 is 17.3 Å². The summed E-state index contributed by atoms with van der Waals surface area (Å²) in [7, 11) is 0. The highest BCUT2D eigenvalue weighted by Crippen LogP contribution is 2.34. The molecule has 1 aliphatic rings. The molecule has 1 saturated heterocycles. The molecule has 1 fully saturated rings. The fraction of sp³-hybridized carbons (Fsp3) is 0.316. The third-order valence-corrected chi connectivity index (χ3v) is 4.68. The lowest BCUT2D eigenvalue weighted by Gasteiger charge is -2.44. The maximum Gasteiger partial charge on any atom is 0.217 e. The number of carbonyl (C=O) groups excluding carboxylic acids is 1. The maximum absolute atomic E-state index is 13.5. The van der Waals surface area contributed by atoms with Gasteiger partial charge in [-0.1, -0.05) is 18.2 Å². The number of primary amides is 1. The van der Waals surface area contributed by atoms with Crippen molar-refractivity contribution in [1.29, 1.82) is 0 Å². The van der Waals surface area contributed by atoms with Crippen molar-refractivity contribution in [3.05, 3.63) is 48.3 Å². The van der Waals surface area contributed by atoms with Gasteiger partial charge in [0.05, 0.1) is 0 Å². The second-order valence-electron chi connectivity index (χ2n) is 6.43. The number of aromatic hydroxyl groups is 2. The average Bonchev–Trinajstić information content (AvgIpc) is 2.64. The van der Waals surface area contributed by atoms with Gasteiger partial charge in [-0.05, 0) is 18.6 Å². The molecule has 0 spiro atoms. The quantitative estimate of drug-likeness (QED) is 0.761. The molecular formula is C19H22FN3O3. The number of halogens is 1. The Morgan fingerprint density at radius 3 is 2.38 bits per heavy atom. The van der Waals surface area contributed by atoms with Crippen LogP contribution < -0.4 is 15.5 Å². The molecule has 0 radical (unpaired) electrons. The molecule has 2 aromatic carbocycles. The van der Waals surface area contributed by atoms with Gasteiger partial charge in [-0.3, -0.25) is 4.79 Å². The number of phenolic OH excluding ortho intramolecular Hbond substituents is 2. The Hall–Kier alpha value is -2.96. The van der Waals surface area contributed by atoms with Gasteiger partial charge in [0.2, 0.25) is 11.7 Å². The van der Waals surface area contributed by atoms with Gasteiger partial charge >= 0.3 is 0 Å². The van der Waals surface area contributed by atoms with Gasteiger partial charge in [0, 0.05) is 55.6 Å². The van der Waals surface area contributed by atoms with Gasteiger partial charge in [0.1, 0.15) is 0 Å². The van der Waals surface area contributed by atoms with Gasteiger partial charge in [-0.25, -0.2) is 0 Å². The second kappa shape index (κ2) is 7.51. The van der Waals surface area contributed by atoms with Crippen LogP contribution in [-0.2, 0) is 4.79 Å². The van der Waals surface area contributed by atoms with Crippen LogP contribution in [0.2, 0.25) is 0 Å². The molecule has 3 rings (SSSR count). The Balaban J connectivity index is 1.85. The van der Waals surface area contributed by atoms with E-state index in [1.54, 1.807) is 0 Å². The zero-order valence-electron chi connectivity index (χ0n) is 14.3. The maximum atomic E-state index is 13.5. The van der Waals surface area contributed by atoms with Crippen LogP contribution in [0.15, 0.2) is 42.5 Å². The van der Waals surface area contributed by atoms with Gasteiger partial charge in [0.15, 0.2) is 11.5 Å². The molecule has 0 aromatic heterocycles. The molecule has 1 amide bonds. The number of hydrogen-bond donors (Lipinski definition) is 3. The summed E-state index contributed by atoms with van der Waals surface area (Å²) in [4.78, 5) is 15.4. The molecule has 0 aliphatic carbocycles. The van der Waals surface area contributed by atoms with Crippen LogP contribution in [0.3, 0.4) is 0 Å². The number of carbonyl (C=O) groups is 1. The van der Waals surface area contributed by atoms with Crippen molar-refractivity contribution in [3.8, 4) is 11.5 Å². The summed E-state index contributed by atoms with van der Waals surface area (Å²) in [6.45, 7) is 1.97. The van der Waals surface area contributed by atoms with E-state index in [4.69, 9.17) is 5.73 Å². The van der Waals surface area contributed by atoms with Crippen molar-refractivity contribution in [3.63, 3.8) is 0 Å². The number of anilines is 2.